The van der Waals surface area contributed by atoms with Crippen molar-refractivity contribution < 1.29 is 9.47 Å². The van der Waals surface area contributed by atoms with Gasteiger partial charge in [0, 0.05) is 12.0 Å². The summed E-state index contributed by atoms with van der Waals surface area (Å²) in [6, 6.07) is 8.69. The van der Waals surface area contributed by atoms with Gasteiger partial charge in [-0.05, 0) is 36.8 Å². The minimum atomic E-state index is 0.203. The molecule has 0 aliphatic carbocycles. The maximum absolute atomic E-state index is 6.29. The Bertz CT molecular complexity index is 418. The molecule has 0 bridgehead atoms. The summed E-state index contributed by atoms with van der Waals surface area (Å²) < 4.78 is 11.6. The number of rotatable bonds is 4. The zero-order valence-corrected chi connectivity index (χ0v) is 13.9. The summed E-state index contributed by atoms with van der Waals surface area (Å²) in [7, 11) is 1.75. The molecule has 2 nitrogen and oxygen atoms in total. The summed E-state index contributed by atoms with van der Waals surface area (Å²) in [6.07, 6.45) is 0.203. The largest absolute Gasteiger partial charge is 0.382 e. The lowest BCUT2D eigenvalue weighted by molar-refractivity contribution is -0.118. The second-order valence-corrected chi connectivity index (χ2v) is 7.18. The Labute approximate surface area is 127 Å². The van der Waals surface area contributed by atoms with E-state index < -0.39 is 0 Å². The van der Waals surface area contributed by atoms with Crippen molar-refractivity contribution in [2.45, 2.75) is 44.1 Å². The average Bonchev–Trinajstić information content (AvgIpc) is 2.44. The van der Waals surface area contributed by atoms with Gasteiger partial charge in [0.15, 0.2) is 0 Å². The van der Waals surface area contributed by atoms with Crippen molar-refractivity contribution in [1.82, 2.24) is 0 Å². The van der Waals surface area contributed by atoms with Crippen molar-refractivity contribution in [3.8, 4) is 0 Å². The van der Waals surface area contributed by atoms with E-state index in [2.05, 4.69) is 52.0 Å². The van der Waals surface area contributed by atoms with Gasteiger partial charge in [-0.1, -0.05) is 50.2 Å². The number of aryl methyl sites for hydroxylation is 1. The summed E-state index contributed by atoms with van der Waals surface area (Å²) >= 11 is 1.84. The van der Waals surface area contributed by atoms with Crippen LogP contribution in [0.15, 0.2) is 29.2 Å². The Hall–Kier alpha value is -0.510. The minimum Gasteiger partial charge on any atom is -0.382 e. The van der Waals surface area contributed by atoms with E-state index in [9.17, 15) is 0 Å². The van der Waals surface area contributed by atoms with Gasteiger partial charge in [-0.15, -0.1) is 0 Å². The van der Waals surface area contributed by atoms with E-state index in [1.54, 1.807) is 7.11 Å². The molecule has 0 spiro atoms. The molecule has 0 aromatic heterocycles. The molecule has 112 valence electrons. The van der Waals surface area contributed by atoms with Crippen LogP contribution in [0.25, 0.3) is 0 Å². The first-order valence-electron chi connectivity index (χ1n) is 7.40. The van der Waals surface area contributed by atoms with Crippen LogP contribution in [0.2, 0.25) is 0 Å². The predicted molar refractivity (Wildman–Crippen MR) is 85.1 cm³/mol. The molecule has 20 heavy (non-hydrogen) atoms. The maximum Gasteiger partial charge on any atom is 0.111 e. The molecule has 1 aromatic rings. The third kappa shape index (κ3) is 3.57. The third-order valence-electron chi connectivity index (χ3n) is 4.59. The van der Waals surface area contributed by atoms with Crippen molar-refractivity contribution in [2.24, 2.45) is 17.8 Å². The Kier molecular flexibility index (Phi) is 5.53. The highest BCUT2D eigenvalue weighted by molar-refractivity contribution is 7.99. The van der Waals surface area contributed by atoms with Gasteiger partial charge in [0.2, 0.25) is 0 Å². The molecule has 1 aromatic carbocycles. The van der Waals surface area contributed by atoms with Gasteiger partial charge in [0.1, 0.15) is 5.44 Å². The van der Waals surface area contributed by atoms with Gasteiger partial charge in [0.05, 0.1) is 12.7 Å². The van der Waals surface area contributed by atoms with Crippen LogP contribution in [0.5, 0.6) is 0 Å². The lowest BCUT2D eigenvalue weighted by atomic mass is 9.80. The smallest absolute Gasteiger partial charge is 0.111 e. The molecular weight excluding hydrogens is 268 g/mol. The molecule has 1 heterocycles. The van der Waals surface area contributed by atoms with E-state index in [1.165, 1.54) is 10.5 Å². The number of ether oxygens (including phenoxy) is 2. The van der Waals surface area contributed by atoms with Crippen LogP contribution in [0, 0.1) is 24.7 Å². The zero-order valence-electron chi connectivity index (χ0n) is 13.1. The van der Waals surface area contributed by atoms with Crippen LogP contribution in [-0.2, 0) is 9.47 Å². The second-order valence-electron chi connectivity index (χ2n) is 6.01. The van der Waals surface area contributed by atoms with Crippen LogP contribution in [0.1, 0.15) is 26.3 Å². The summed E-state index contributed by atoms with van der Waals surface area (Å²) in [5.41, 5.74) is 1.51. The van der Waals surface area contributed by atoms with Gasteiger partial charge in [0.25, 0.3) is 0 Å². The molecule has 2 rings (SSSR count). The van der Waals surface area contributed by atoms with Crippen molar-refractivity contribution in [1.29, 1.82) is 0 Å². The molecule has 0 N–H and O–H groups in total. The van der Waals surface area contributed by atoms with E-state index in [1.807, 2.05) is 11.8 Å². The van der Waals surface area contributed by atoms with Gasteiger partial charge in [-0.25, -0.2) is 0 Å². The normalized spacial score (nSPS) is 34.1. The highest BCUT2D eigenvalue weighted by atomic mass is 32.2. The van der Waals surface area contributed by atoms with Crippen LogP contribution in [0.3, 0.4) is 0 Å². The Morgan fingerprint density at radius 3 is 2.30 bits per heavy atom. The molecule has 0 radical (unpaired) electrons. The standard InChI is InChI=1S/C17H26O2S/c1-11-6-8-15(9-7-11)20-17-14(4)12(2)13(3)16(19-17)10-18-5/h6-9,12-14,16-17H,10H2,1-5H3. The Balaban J connectivity index is 2.07. The topological polar surface area (TPSA) is 18.5 Å². The summed E-state index contributed by atoms with van der Waals surface area (Å²) in [5.74, 6) is 1.73. The summed E-state index contributed by atoms with van der Waals surface area (Å²) in [5, 5.41) is 0. The fourth-order valence-electron chi connectivity index (χ4n) is 2.73. The molecular formula is C17H26O2S. The molecule has 0 amide bonds. The van der Waals surface area contributed by atoms with Gasteiger partial charge >= 0.3 is 0 Å². The quantitative estimate of drug-likeness (QED) is 0.821. The zero-order chi connectivity index (χ0) is 14.7. The second kappa shape index (κ2) is 6.97. The Morgan fingerprint density at radius 1 is 1.05 bits per heavy atom. The number of thioether (sulfide) groups is 1. The van der Waals surface area contributed by atoms with Crippen LogP contribution < -0.4 is 0 Å². The summed E-state index contributed by atoms with van der Waals surface area (Å²) in [4.78, 5) is 1.28. The van der Waals surface area contributed by atoms with E-state index in [0.717, 1.165) is 0 Å². The van der Waals surface area contributed by atoms with Crippen LogP contribution in [0.4, 0.5) is 0 Å². The van der Waals surface area contributed by atoms with Crippen molar-refractivity contribution in [3.63, 3.8) is 0 Å². The van der Waals surface area contributed by atoms with Gasteiger partial charge in [-0.2, -0.15) is 0 Å². The molecule has 5 atom stereocenters. The lowest BCUT2D eigenvalue weighted by Crippen LogP contribution is -2.45. The average molecular weight is 294 g/mol. The maximum atomic E-state index is 6.29. The predicted octanol–water partition coefficient (Wildman–Crippen LogP) is 4.37. The number of hydrogen-bond donors (Lipinski definition) is 0. The van der Waals surface area contributed by atoms with E-state index in [0.29, 0.717) is 24.4 Å². The first-order chi connectivity index (χ1) is 9.52. The van der Waals surface area contributed by atoms with Gasteiger partial charge < -0.3 is 9.47 Å². The van der Waals surface area contributed by atoms with Crippen molar-refractivity contribution in [3.05, 3.63) is 29.8 Å². The highest BCUT2D eigenvalue weighted by Crippen LogP contribution is 2.41. The molecule has 1 aliphatic rings. The lowest BCUT2D eigenvalue weighted by Gasteiger charge is -2.43. The number of hydrogen-bond acceptors (Lipinski definition) is 3. The molecule has 5 unspecified atom stereocenters. The fraction of sp³-hybridized carbons (Fsp3) is 0.647. The van der Waals surface area contributed by atoms with Crippen molar-refractivity contribution >= 4 is 11.8 Å². The minimum absolute atomic E-state index is 0.203. The van der Waals surface area contributed by atoms with E-state index in [4.69, 9.17) is 9.47 Å². The third-order valence-corrected chi connectivity index (χ3v) is 5.90. The summed E-state index contributed by atoms with van der Waals surface area (Å²) in [6.45, 7) is 9.71. The molecule has 1 saturated heterocycles. The Morgan fingerprint density at radius 2 is 1.70 bits per heavy atom. The first-order valence-corrected chi connectivity index (χ1v) is 8.28. The molecule has 1 aliphatic heterocycles. The molecule has 3 heteroatoms. The monoisotopic (exact) mass is 294 g/mol. The number of benzene rings is 1. The highest BCUT2D eigenvalue weighted by Gasteiger charge is 2.39. The molecule has 0 saturated carbocycles. The van der Waals surface area contributed by atoms with Crippen molar-refractivity contribution in [2.75, 3.05) is 13.7 Å². The van der Waals surface area contributed by atoms with Crippen LogP contribution in [-0.4, -0.2) is 25.3 Å². The SMILES string of the molecule is COCC1OC(Sc2ccc(C)cc2)C(C)C(C)C1C. The van der Waals surface area contributed by atoms with E-state index in [-0.39, 0.29) is 11.5 Å². The molecule has 1 fully saturated rings. The first kappa shape index (κ1) is 15.9. The van der Waals surface area contributed by atoms with E-state index >= 15 is 0 Å². The van der Waals surface area contributed by atoms with Crippen LogP contribution >= 0.6 is 11.8 Å². The van der Waals surface area contributed by atoms with Gasteiger partial charge in [-0.3, -0.25) is 0 Å². The fourth-order valence-corrected chi connectivity index (χ4v) is 3.95. The number of methoxy groups -OCH3 is 1.